The Labute approximate surface area is 282 Å². The molecule has 2 aliphatic carbocycles. The lowest BCUT2D eigenvalue weighted by Gasteiger charge is -2.42. The summed E-state index contributed by atoms with van der Waals surface area (Å²) in [5.74, 6) is 0. The summed E-state index contributed by atoms with van der Waals surface area (Å²) in [7, 11) is -3.72. The van der Waals surface area contributed by atoms with Gasteiger partial charge in [0.2, 0.25) is 0 Å². The van der Waals surface area contributed by atoms with E-state index in [4.69, 9.17) is 0 Å². The van der Waals surface area contributed by atoms with E-state index in [-0.39, 0.29) is 5.41 Å². The fourth-order valence-electron chi connectivity index (χ4n) is 9.41. The zero-order valence-electron chi connectivity index (χ0n) is 30.7. The number of fused-ring (bicyclic) bond motifs is 11. The quantitative estimate of drug-likeness (QED) is 0.192. The largest absolute Gasteiger partial charge is 0.219 e. The first-order chi connectivity index (χ1) is 21.8. The van der Waals surface area contributed by atoms with Crippen LogP contribution in [-0.4, -0.2) is 8.42 Å². The molecule has 0 aromatic heterocycles. The van der Waals surface area contributed by atoms with Crippen molar-refractivity contribution in [3.8, 4) is 22.3 Å². The number of hydrogen-bond acceptors (Lipinski definition) is 2. The Kier molecular flexibility index (Phi) is 6.58. The van der Waals surface area contributed by atoms with Crippen LogP contribution in [-0.2, 0) is 20.7 Å². The lowest BCUT2D eigenvalue weighted by molar-refractivity contribution is 0.595. The van der Waals surface area contributed by atoms with Crippen LogP contribution in [0.15, 0.2) is 34.6 Å². The number of rotatable bonds is 0. The maximum atomic E-state index is 14.4. The topological polar surface area (TPSA) is 34.1 Å². The molecule has 4 aromatic carbocycles. The molecule has 0 atom stereocenters. The van der Waals surface area contributed by atoms with Crippen LogP contribution in [0.2, 0.25) is 0 Å². The van der Waals surface area contributed by atoms with Crippen LogP contribution in [0.3, 0.4) is 0 Å². The second-order valence-corrected chi connectivity index (χ2v) is 17.1. The van der Waals surface area contributed by atoms with Crippen LogP contribution < -0.4 is 0 Å². The molecule has 0 saturated heterocycles. The summed E-state index contributed by atoms with van der Waals surface area (Å²) in [4.78, 5) is 0.466. The standard InChI is InChI=1S/C44H48O2S/c1-21-22(2)28(8)37-36(27(21)7)38-29(9)23(3)25(5)31(11)40(38)44(41-32(12)26(6)24(4)30(10)39(37)41)19-20-47(45,46)42-33-17-18-43(13,14)34(33)15-16-35(42)44/h15-20H,1-14H3. The van der Waals surface area contributed by atoms with Gasteiger partial charge in [-0.1, -0.05) is 44.2 Å². The summed E-state index contributed by atoms with van der Waals surface area (Å²) in [6.45, 7) is 31.6. The molecule has 0 unspecified atom stereocenters. The van der Waals surface area contributed by atoms with Gasteiger partial charge in [0.25, 0.3) is 0 Å². The molecule has 1 spiro atoms. The minimum atomic E-state index is -3.72. The predicted octanol–water partition coefficient (Wildman–Crippen LogP) is 11.0. The molecule has 0 saturated carbocycles. The van der Waals surface area contributed by atoms with Gasteiger partial charge in [-0.25, -0.2) is 8.42 Å². The van der Waals surface area contributed by atoms with Gasteiger partial charge in [-0.05, 0) is 200 Å². The summed E-state index contributed by atoms with van der Waals surface area (Å²) in [5, 5.41) is 1.54. The van der Waals surface area contributed by atoms with Crippen molar-refractivity contribution in [3.05, 3.63) is 124 Å². The van der Waals surface area contributed by atoms with Crippen LogP contribution in [0, 0.1) is 83.1 Å². The van der Waals surface area contributed by atoms with Crippen molar-refractivity contribution < 1.29 is 8.42 Å². The van der Waals surface area contributed by atoms with Crippen molar-refractivity contribution in [2.45, 2.75) is 113 Å². The molecular weight excluding hydrogens is 593 g/mol. The van der Waals surface area contributed by atoms with Gasteiger partial charge in [-0.3, -0.25) is 0 Å². The van der Waals surface area contributed by atoms with E-state index in [1.807, 2.05) is 0 Å². The molecule has 0 bridgehead atoms. The van der Waals surface area contributed by atoms with Crippen LogP contribution in [0.5, 0.6) is 0 Å². The number of allylic oxidation sites excluding steroid dienone is 2. The van der Waals surface area contributed by atoms with E-state index in [1.54, 1.807) is 5.41 Å². The molecule has 1 heterocycles. The lowest BCUT2D eigenvalue weighted by atomic mass is 9.62. The van der Waals surface area contributed by atoms with E-state index in [2.05, 4.69) is 127 Å². The van der Waals surface area contributed by atoms with Crippen molar-refractivity contribution >= 4 is 15.9 Å². The molecular formula is C44H48O2S. The molecule has 0 N–H and O–H groups in total. The van der Waals surface area contributed by atoms with Gasteiger partial charge < -0.3 is 0 Å². The molecule has 4 aromatic rings. The molecule has 2 nitrogen and oxygen atoms in total. The molecule has 1 aliphatic heterocycles. The third kappa shape index (κ3) is 3.70. The minimum absolute atomic E-state index is 0.243. The summed E-state index contributed by atoms with van der Waals surface area (Å²) in [6, 6.07) is 4.37. The summed E-state index contributed by atoms with van der Waals surface area (Å²) >= 11 is 0. The Morgan fingerprint density at radius 3 is 1.30 bits per heavy atom. The monoisotopic (exact) mass is 640 g/mol. The number of hydrogen-bond donors (Lipinski definition) is 0. The van der Waals surface area contributed by atoms with E-state index in [1.165, 1.54) is 100 Å². The summed E-state index contributed by atoms with van der Waals surface area (Å²) < 4.78 is 28.8. The van der Waals surface area contributed by atoms with Gasteiger partial charge in [-0.15, -0.1) is 0 Å². The zero-order valence-corrected chi connectivity index (χ0v) is 31.5. The molecule has 0 radical (unpaired) electrons. The van der Waals surface area contributed by atoms with Crippen LogP contribution in [0.4, 0.5) is 0 Å². The third-order valence-electron chi connectivity index (χ3n) is 13.1. The van der Waals surface area contributed by atoms with Crippen LogP contribution in [0.1, 0.15) is 108 Å². The highest BCUT2D eigenvalue weighted by Crippen LogP contribution is 2.62. The first kappa shape index (κ1) is 31.9. The predicted molar refractivity (Wildman–Crippen MR) is 199 cm³/mol. The van der Waals surface area contributed by atoms with Crippen LogP contribution >= 0.6 is 0 Å². The SMILES string of the molecule is Cc1c(C)c(C)c2c(c1C)-c1c(C)c(C)c(C)c(C)c1C1(C=CS(=O)(=O)c3c1ccc1c3C=CC1(C)C)c1c(C)c(C)c(C)c(C)c1-2. The van der Waals surface area contributed by atoms with Crippen molar-refractivity contribution in [2.24, 2.45) is 0 Å². The molecule has 47 heavy (non-hydrogen) atoms. The Morgan fingerprint density at radius 2 is 0.851 bits per heavy atom. The minimum Gasteiger partial charge on any atom is -0.219 e. The maximum absolute atomic E-state index is 14.4. The van der Waals surface area contributed by atoms with Crippen LogP contribution in [0.25, 0.3) is 28.3 Å². The first-order valence-corrected chi connectivity index (χ1v) is 18.5. The molecule has 7 rings (SSSR count). The number of sulfone groups is 1. The molecule has 0 amide bonds. The number of benzene rings is 4. The Balaban J connectivity index is 1.89. The summed E-state index contributed by atoms with van der Waals surface area (Å²) in [6.07, 6.45) is 6.29. The Hall–Kier alpha value is -3.69. The first-order valence-electron chi connectivity index (χ1n) is 17.0. The van der Waals surface area contributed by atoms with Crippen molar-refractivity contribution in [1.82, 2.24) is 0 Å². The maximum Gasteiger partial charge on any atom is 0.200 e. The van der Waals surface area contributed by atoms with E-state index < -0.39 is 15.3 Å². The molecule has 242 valence electrons. The fourth-order valence-corrected chi connectivity index (χ4v) is 10.9. The Bertz CT molecular complexity index is 2240. The average molecular weight is 641 g/mol. The highest BCUT2D eigenvalue weighted by molar-refractivity contribution is 7.94. The fraction of sp³-hybridized carbons (Fsp3) is 0.364. The highest BCUT2D eigenvalue weighted by atomic mass is 32.2. The van der Waals surface area contributed by atoms with Crippen molar-refractivity contribution in [2.75, 3.05) is 0 Å². The molecule has 0 fully saturated rings. The Morgan fingerprint density at radius 1 is 0.468 bits per heavy atom. The van der Waals surface area contributed by atoms with E-state index in [9.17, 15) is 8.42 Å². The third-order valence-corrected chi connectivity index (χ3v) is 14.6. The second kappa shape index (κ2) is 9.69. The summed E-state index contributed by atoms with van der Waals surface area (Å²) in [5.41, 5.74) is 24.7. The van der Waals surface area contributed by atoms with E-state index in [0.29, 0.717) is 4.90 Å². The smallest absolute Gasteiger partial charge is 0.200 e. The van der Waals surface area contributed by atoms with Gasteiger partial charge in [0.05, 0.1) is 10.3 Å². The molecule has 3 heteroatoms. The van der Waals surface area contributed by atoms with Crippen molar-refractivity contribution in [1.29, 1.82) is 0 Å². The van der Waals surface area contributed by atoms with Crippen molar-refractivity contribution in [3.63, 3.8) is 0 Å². The molecule has 3 aliphatic rings. The van der Waals surface area contributed by atoms with Gasteiger partial charge >= 0.3 is 0 Å². The average Bonchev–Trinajstić information content (AvgIpc) is 3.27. The van der Waals surface area contributed by atoms with Gasteiger partial charge in [0.1, 0.15) is 0 Å². The van der Waals surface area contributed by atoms with Gasteiger partial charge in [0, 0.05) is 10.8 Å². The van der Waals surface area contributed by atoms with E-state index in [0.717, 1.165) is 16.7 Å². The normalized spacial score (nSPS) is 17.2. The van der Waals surface area contributed by atoms with E-state index >= 15 is 0 Å². The zero-order chi connectivity index (χ0) is 34.4. The van der Waals surface area contributed by atoms with Gasteiger partial charge in [0.15, 0.2) is 9.84 Å². The second-order valence-electron chi connectivity index (χ2n) is 15.4. The van der Waals surface area contributed by atoms with Gasteiger partial charge in [-0.2, -0.15) is 0 Å². The highest BCUT2D eigenvalue weighted by Gasteiger charge is 2.51. The lowest BCUT2D eigenvalue weighted by Crippen LogP contribution is -2.36.